The Bertz CT molecular complexity index is 873. The zero-order valence-electron chi connectivity index (χ0n) is 17.4. The fraction of sp³-hybridized carbons (Fsp3) is 0.381. The van der Waals surface area contributed by atoms with Crippen molar-refractivity contribution >= 4 is 17.8 Å². The van der Waals surface area contributed by atoms with E-state index in [0.29, 0.717) is 18.4 Å². The maximum atomic E-state index is 12.9. The van der Waals surface area contributed by atoms with Gasteiger partial charge in [0.25, 0.3) is 0 Å². The third-order valence-corrected chi connectivity index (χ3v) is 4.39. The van der Waals surface area contributed by atoms with Crippen LogP contribution in [0.3, 0.4) is 0 Å². The van der Waals surface area contributed by atoms with Gasteiger partial charge >= 0.3 is 12.2 Å². The molecule has 11 heteroatoms. The molecule has 0 aliphatic rings. The fourth-order valence-corrected chi connectivity index (χ4v) is 2.72. The van der Waals surface area contributed by atoms with Crippen LogP contribution in [0.2, 0.25) is 0 Å². The first-order chi connectivity index (χ1) is 15.2. The first kappa shape index (κ1) is 24.9. The summed E-state index contributed by atoms with van der Waals surface area (Å²) in [5, 5.41) is 10.7. The van der Waals surface area contributed by atoms with Gasteiger partial charge in [-0.25, -0.2) is 14.2 Å². The first-order valence-corrected chi connectivity index (χ1v) is 10.0. The molecule has 0 fully saturated rings. The maximum Gasteiger partial charge on any atom is 0.417 e. The topological polar surface area (TPSA) is 95.2 Å². The summed E-state index contributed by atoms with van der Waals surface area (Å²) in [7, 11) is 0. The van der Waals surface area contributed by atoms with Gasteiger partial charge in [-0.2, -0.15) is 13.2 Å². The van der Waals surface area contributed by atoms with Crippen LogP contribution in [0.25, 0.3) is 0 Å². The quantitative estimate of drug-likeness (QED) is 0.326. The zero-order valence-corrected chi connectivity index (χ0v) is 17.4. The molecule has 2 aromatic rings. The summed E-state index contributed by atoms with van der Waals surface area (Å²) in [6.07, 6.45) is -2.65. The standard InChI is InChI=1S/C21H25F4N5O2/c1-2-3-17(30-20(32)29-12-14-4-7-16(22)8-5-14)19(31)27-11-10-26-18-9-6-15(13-28-18)21(23,24)25/h4-9,13,17H,2-3,10-12H2,1H3,(H,26,28)(H,27,31)(H2,29,30,32). The summed E-state index contributed by atoms with van der Waals surface area (Å²) in [5.74, 6) is -0.511. The highest BCUT2D eigenvalue weighted by Gasteiger charge is 2.30. The highest BCUT2D eigenvalue weighted by Crippen LogP contribution is 2.28. The van der Waals surface area contributed by atoms with E-state index in [4.69, 9.17) is 0 Å². The molecule has 1 unspecified atom stereocenters. The van der Waals surface area contributed by atoms with E-state index in [-0.39, 0.29) is 37.2 Å². The second kappa shape index (κ2) is 11.9. The van der Waals surface area contributed by atoms with Crippen LogP contribution in [0.1, 0.15) is 30.9 Å². The first-order valence-electron chi connectivity index (χ1n) is 10.0. The molecule has 0 aliphatic carbocycles. The van der Waals surface area contributed by atoms with Crippen molar-refractivity contribution in [2.24, 2.45) is 0 Å². The zero-order chi connectivity index (χ0) is 23.6. The Balaban J connectivity index is 1.74. The third-order valence-electron chi connectivity index (χ3n) is 4.39. The average molecular weight is 455 g/mol. The SMILES string of the molecule is CCCC(NC(=O)NCc1ccc(F)cc1)C(=O)NCCNc1ccc(C(F)(F)F)cn1. The molecule has 2 rings (SSSR count). The fourth-order valence-electron chi connectivity index (χ4n) is 2.72. The molecule has 0 saturated carbocycles. The normalized spacial score (nSPS) is 12.0. The van der Waals surface area contributed by atoms with Gasteiger partial charge in [0.2, 0.25) is 5.91 Å². The van der Waals surface area contributed by atoms with Crippen LogP contribution >= 0.6 is 0 Å². The van der Waals surface area contributed by atoms with Gasteiger partial charge in [0, 0.05) is 25.8 Å². The number of hydrogen-bond donors (Lipinski definition) is 4. The molecule has 174 valence electrons. The maximum absolute atomic E-state index is 12.9. The van der Waals surface area contributed by atoms with Crippen LogP contribution in [0.15, 0.2) is 42.6 Å². The Labute approximate surface area is 183 Å². The molecule has 0 saturated heterocycles. The van der Waals surface area contributed by atoms with E-state index in [2.05, 4.69) is 26.3 Å². The summed E-state index contributed by atoms with van der Waals surface area (Å²) in [5.41, 5.74) is -0.136. The van der Waals surface area contributed by atoms with Gasteiger partial charge in [-0.05, 0) is 36.2 Å². The Hall–Kier alpha value is -3.37. The second-order valence-corrected chi connectivity index (χ2v) is 6.94. The van der Waals surface area contributed by atoms with Gasteiger partial charge in [-0.3, -0.25) is 4.79 Å². The molecule has 1 atom stereocenters. The second-order valence-electron chi connectivity index (χ2n) is 6.94. The summed E-state index contributed by atoms with van der Waals surface area (Å²) in [6, 6.07) is 6.51. The smallest absolute Gasteiger partial charge is 0.368 e. The molecule has 1 aromatic heterocycles. The minimum absolute atomic E-state index is 0.177. The molecule has 0 bridgehead atoms. The number of nitrogens with one attached hydrogen (secondary N) is 4. The lowest BCUT2D eigenvalue weighted by Gasteiger charge is -2.18. The van der Waals surface area contributed by atoms with Crippen molar-refractivity contribution in [1.29, 1.82) is 0 Å². The lowest BCUT2D eigenvalue weighted by atomic mass is 10.1. The summed E-state index contributed by atoms with van der Waals surface area (Å²) < 4.78 is 50.5. The van der Waals surface area contributed by atoms with E-state index in [0.717, 1.165) is 12.3 Å². The molecule has 1 heterocycles. The van der Waals surface area contributed by atoms with Crippen LogP contribution in [0, 0.1) is 5.82 Å². The Morgan fingerprint density at radius 3 is 2.34 bits per heavy atom. The number of aromatic nitrogens is 1. The molecule has 0 spiro atoms. The van der Waals surface area contributed by atoms with Crippen LogP contribution in [-0.2, 0) is 17.5 Å². The highest BCUT2D eigenvalue weighted by atomic mass is 19.4. The Kier molecular flexibility index (Phi) is 9.23. The monoisotopic (exact) mass is 455 g/mol. The van der Waals surface area contributed by atoms with Gasteiger partial charge in [0.15, 0.2) is 0 Å². The number of rotatable bonds is 10. The Morgan fingerprint density at radius 2 is 1.75 bits per heavy atom. The number of benzene rings is 1. The number of carbonyl (C=O) groups excluding carboxylic acids is 2. The number of urea groups is 1. The predicted molar refractivity (Wildman–Crippen MR) is 111 cm³/mol. The molecular weight excluding hydrogens is 430 g/mol. The number of halogens is 4. The Morgan fingerprint density at radius 1 is 1.03 bits per heavy atom. The third kappa shape index (κ3) is 8.40. The van der Waals surface area contributed by atoms with E-state index in [1.807, 2.05) is 6.92 Å². The lowest BCUT2D eigenvalue weighted by molar-refractivity contribution is -0.137. The van der Waals surface area contributed by atoms with Crippen molar-refractivity contribution in [3.63, 3.8) is 0 Å². The van der Waals surface area contributed by atoms with E-state index >= 15 is 0 Å². The summed E-state index contributed by atoms with van der Waals surface area (Å²) in [4.78, 5) is 28.2. The molecule has 0 aliphatic heterocycles. The van der Waals surface area contributed by atoms with Gasteiger partial charge < -0.3 is 21.3 Å². The van der Waals surface area contributed by atoms with E-state index in [1.54, 1.807) is 12.1 Å². The van der Waals surface area contributed by atoms with Crippen molar-refractivity contribution in [2.75, 3.05) is 18.4 Å². The average Bonchev–Trinajstić information content (AvgIpc) is 2.75. The van der Waals surface area contributed by atoms with E-state index < -0.39 is 23.8 Å². The van der Waals surface area contributed by atoms with Crippen molar-refractivity contribution < 1.29 is 27.2 Å². The largest absolute Gasteiger partial charge is 0.417 e. The van der Waals surface area contributed by atoms with Gasteiger partial charge in [-0.1, -0.05) is 25.5 Å². The van der Waals surface area contributed by atoms with Crippen molar-refractivity contribution in [1.82, 2.24) is 20.9 Å². The molecular formula is C21H25F4N5O2. The molecule has 7 nitrogen and oxygen atoms in total. The summed E-state index contributed by atoms with van der Waals surface area (Å²) >= 11 is 0. The number of carbonyl (C=O) groups is 2. The van der Waals surface area contributed by atoms with Crippen LogP contribution < -0.4 is 21.3 Å². The highest BCUT2D eigenvalue weighted by molar-refractivity contribution is 5.87. The van der Waals surface area contributed by atoms with Gasteiger partial charge in [0.1, 0.15) is 17.7 Å². The molecule has 1 aromatic carbocycles. The van der Waals surface area contributed by atoms with Crippen LogP contribution in [0.4, 0.5) is 28.2 Å². The minimum Gasteiger partial charge on any atom is -0.368 e. The number of hydrogen-bond acceptors (Lipinski definition) is 4. The van der Waals surface area contributed by atoms with Crippen molar-refractivity contribution in [2.45, 2.75) is 38.5 Å². The van der Waals surface area contributed by atoms with Gasteiger partial charge in [-0.15, -0.1) is 0 Å². The molecule has 3 amide bonds. The minimum atomic E-state index is -4.45. The van der Waals surface area contributed by atoms with Crippen molar-refractivity contribution in [3.8, 4) is 0 Å². The number of alkyl halides is 3. The molecule has 4 N–H and O–H groups in total. The van der Waals surface area contributed by atoms with Crippen LogP contribution in [0.5, 0.6) is 0 Å². The van der Waals surface area contributed by atoms with E-state index in [9.17, 15) is 27.2 Å². The van der Waals surface area contributed by atoms with Gasteiger partial charge in [0.05, 0.1) is 5.56 Å². The van der Waals surface area contributed by atoms with Crippen molar-refractivity contribution in [3.05, 3.63) is 59.5 Å². The summed E-state index contributed by atoms with van der Waals surface area (Å²) in [6.45, 7) is 2.47. The van der Waals surface area contributed by atoms with Crippen LogP contribution in [-0.4, -0.2) is 36.1 Å². The number of pyridine rings is 1. The lowest BCUT2D eigenvalue weighted by Crippen LogP contribution is -2.50. The number of amides is 3. The number of anilines is 1. The molecule has 32 heavy (non-hydrogen) atoms. The predicted octanol–water partition coefficient (Wildman–Crippen LogP) is 3.44. The number of nitrogens with zero attached hydrogens (tertiary/aromatic N) is 1. The molecule has 0 radical (unpaired) electrons. The van der Waals surface area contributed by atoms with E-state index in [1.165, 1.54) is 18.2 Å².